The van der Waals surface area contributed by atoms with E-state index in [0.29, 0.717) is 23.9 Å². The maximum Gasteiger partial charge on any atom is 0.214 e. The van der Waals surface area contributed by atoms with Gasteiger partial charge in [-0.2, -0.15) is 4.68 Å². The molecule has 6 rings (SSSR count). The first-order valence-corrected chi connectivity index (χ1v) is 14.6. The van der Waals surface area contributed by atoms with E-state index in [0.717, 1.165) is 39.1 Å². The van der Waals surface area contributed by atoms with Crippen LogP contribution in [-0.2, 0) is 22.6 Å². The molecule has 5 aromatic rings. The van der Waals surface area contributed by atoms with Crippen molar-refractivity contribution in [1.82, 2.24) is 20.2 Å². The van der Waals surface area contributed by atoms with Crippen molar-refractivity contribution in [3.05, 3.63) is 125 Å². The Morgan fingerprint density at radius 3 is 2.39 bits per heavy atom. The van der Waals surface area contributed by atoms with E-state index in [4.69, 9.17) is 15.2 Å². The highest BCUT2D eigenvalue weighted by Gasteiger charge is 2.33. The van der Waals surface area contributed by atoms with Crippen molar-refractivity contribution in [3.63, 3.8) is 0 Å². The lowest BCUT2D eigenvalue weighted by molar-refractivity contribution is -0.245. The van der Waals surface area contributed by atoms with Gasteiger partial charge in [0.05, 0.1) is 24.5 Å². The van der Waals surface area contributed by atoms with Crippen LogP contribution in [0.25, 0.3) is 16.8 Å². The molecule has 0 bridgehead atoms. The summed E-state index contributed by atoms with van der Waals surface area (Å²) in [5, 5.41) is 22.6. The largest absolute Gasteiger partial charge is 0.392 e. The molecule has 2 heterocycles. The van der Waals surface area contributed by atoms with Crippen molar-refractivity contribution in [2.75, 3.05) is 5.75 Å². The van der Waals surface area contributed by atoms with Crippen LogP contribution in [0, 0.1) is 0 Å². The maximum absolute atomic E-state index is 9.51. The van der Waals surface area contributed by atoms with Gasteiger partial charge in [0.2, 0.25) is 5.16 Å². The predicted octanol–water partition coefficient (Wildman–Crippen LogP) is 5.62. The minimum Gasteiger partial charge on any atom is -0.392 e. The topological polar surface area (TPSA) is 108 Å². The van der Waals surface area contributed by atoms with Gasteiger partial charge in [-0.25, -0.2) is 0 Å². The van der Waals surface area contributed by atoms with Crippen molar-refractivity contribution >= 4 is 11.8 Å². The molecule has 0 aliphatic carbocycles. The number of rotatable bonds is 9. The molecule has 8 nitrogen and oxygen atoms in total. The first kappa shape index (κ1) is 27.3. The Bertz CT molecular complexity index is 1580. The highest BCUT2D eigenvalue weighted by atomic mass is 32.2. The van der Waals surface area contributed by atoms with Crippen LogP contribution in [0.3, 0.4) is 0 Å². The fraction of sp³-hybridized carbons (Fsp3) is 0.219. The summed E-state index contributed by atoms with van der Waals surface area (Å²) >= 11 is 1.56. The number of tetrazole rings is 1. The van der Waals surface area contributed by atoms with Crippen LogP contribution < -0.4 is 5.73 Å². The van der Waals surface area contributed by atoms with Crippen molar-refractivity contribution < 1.29 is 14.6 Å². The van der Waals surface area contributed by atoms with Gasteiger partial charge >= 0.3 is 0 Å². The van der Waals surface area contributed by atoms with Gasteiger partial charge in [0.25, 0.3) is 0 Å². The summed E-state index contributed by atoms with van der Waals surface area (Å²) in [6, 6.07) is 34.3. The maximum atomic E-state index is 9.51. The summed E-state index contributed by atoms with van der Waals surface area (Å²) < 4.78 is 14.9. The van der Waals surface area contributed by atoms with E-state index in [1.54, 1.807) is 16.4 Å². The molecular formula is C32H31N5O3S. The lowest BCUT2D eigenvalue weighted by Gasteiger charge is -2.36. The number of nitrogens with two attached hydrogens (primary N) is 1. The number of hydrogen-bond donors (Lipinski definition) is 2. The standard InChI is InChI=1S/C32H31N5O3S/c33-19-23-6-4-7-25(16-23)26-8-5-9-27(17-26)31-39-29(18-30(40-31)24-14-12-22(20-38)13-15-24)21-41-32-34-35-36-37(32)28-10-2-1-3-11-28/h1-17,29-31,38H,18-21,33H2/t29-,30+,31+/m0/s1. The molecule has 3 N–H and O–H groups in total. The lowest BCUT2D eigenvalue weighted by atomic mass is 9.99. The fourth-order valence-corrected chi connectivity index (χ4v) is 5.84. The summed E-state index contributed by atoms with van der Waals surface area (Å²) in [5.74, 6) is 0.649. The smallest absolute Gasteiger partial charge is 0.214 e. The molecule has 9 heteroatoms. The zero-order valence-electron chi connectivity index (χ0n) is 22.4. The molecule has 1 saturated heterocycles. The molecule has 208 valence electrons. The highest BCUT2D eigenvalue weighted by Crippen LogP contribution is 2.40. The Hall–Kier alpha value is -3.86. The molecule has 41 heavy (non-hydrogen) atoms. The number of aliphatic hydroxyl groups excluding tert-OH is 1. The molecule has 0 unspecified atom stereocenters. The van der Waals surface area contributed by atoms with Crippen LogP contribution in [0.5, 0.6) is 0 Å². The molecule has 1 aliphatic rings. The number of thioether (sulfide) groups is 1. The lowest BCUT2D eigenvalue weighted by Crippen LogP contribution is -2.31. The van der Waals surface area contributed by atoms with Crippen molar-refractivity contribution in [2.24, 2.45) is 5.73 Å². The van der Waals surface area contributed by atoms with Crippen LogP contribution in [0.15, 0.2) is 108 Å². The summed E-state index contributed by atoms with van der Waals surface area (Å²) in [6.45, 7) is 0.497. The summed E-state index contributed by atoms with van der Waals surface area (Å²) in [4.78, 5) is 0. The van der Waals surface area contributed by atoms with Gasteiger partial charge in [0.1, 0.15) is 0 Å². The second-order valence-corrected chi connectivity index (χ2v) is 10.9. The SMILES string of the molecule is NCc1cccc(-c2cccc([C@@H]3O[C@H](CSc4nnnn4-c4ccccc4)C[C@H](c4ccc(CO)cc4)O3)c2)c1. The third-order valence-electron chi connectivity index (χ3n) is 7.11. The molecule has 1 aliphatic heterocycles. The molecule has 0 saturated carbocycles. The quantitative estimate of drug-likeness (QED) is 0.222. The average molecular weight is 566 g/mol. The number of nitrogens with zero attached hydrogens (tertiary/aromatic N) is 4. The number of hydrogen-bond acceptors (Lipinski definition) is 8. The molecule has 1 fully saturated rings. The van der Waals surface area contributed by atoms with E-state index in [9.17, 15) is 5.11 Å². The Balaban J connectivity index is 1.26. The normalized spacial score (nSPS) is 18.8. The first-order chi connectivity index (χ1) is 20.2. The van der Waals surface area contributed by atoms with Gasteiger partial charge in [-0.3, -0.25) is 0 Å². The second-order valence-electron chi connectivity index (χ2n) is 9.90. The molecule has 0 amide bonds. The van der Waals surface area contributed by atoms with Crippen LogP contribution in [0.1, 0.15) is 41.1 Å². The minimum absolute atomic E-state index is 0.00505. The van der Waals surface area contributed by atoms with E-state index in [1.165, 1.54) is 0 Å². The van der Waals surface area contributed by atoms with Gasteiger partial charge in [-0.15, -0.1) is 5.10 Å². The van der Waals surface area contributed by atoms with Crippen LogP contribution in [0.2, 0.25) is 0 Å². The second kappa shape index (κ2) is 12.8. The zero-order chi connectivity index (χ0) is 28.0. The van der Waals surface area contributed by atoms with Crippen LogP contribution in [-0.4, -0.2) is 37.2 Å². The average Bonchev–Trinajstić information content (AvgIpc) is 3.53. The Labute approximate surface area is 243 Å². The van der Waals surface area contributed by atoms with Gasteiger partial charge in [-0.1, -0.05) is 90.6 Å². The summed E-state index contributed by atoms with van der Waals surface area (Å²) in [5.41, 5.74) is 12.9. The van der Waals surface area contributed by atoms with Crippen LogP contribution in [0.4, 0.5) is 0 Å². The van der Waals surface area contributed by atoms with Gasteiger partial charge in [-0.05, 0) is 62.5 Å². The fourth-order valence-electron chi connectivity index (χ4n) is 4.93. The van der Waals surface area contributed by atoms with Crippen LogP contribution >= 0.6 is 11.8 Å². The number of para-hydroxylation sites is 1. The monoisotopic (exact) mass is 565 g/mol. The van der Waals surface area contributed by atoms with Crippen molar-refractivity contribution in [2.45, 2.75) is 43.2 Å². The van der Waals surface area contributed by atoms with E-state index < -0.39 is 6.29 Å². The Morgan fingerprint density at radius 2 is 1.61 bits per heavy atom. The van der Waals surface area contributed by atoms with Crippen molar-refractivity contribution in [1.29, 1.82) is 0 Å². The number of aliphatic hydroxyl groups is 1. The predicted molar refractivity (Wildman–Crippen MR) is 158 cm³/mol. The van der Waals surface area contributed by atoms with Gasteiger partial charge in [0.15, 0.2) is 6.29 Å². The molecule has 4 aromatic carbocycles. The molecule has 3 atom stereocenters. The van der Waals surface area contributed by atoms with E-state index >= 15 is 0 Å². The highest BCUT2D eigenvalue weighted by molar-refractivity contribution is 7.99. The number of ether oxygens (including phenoxy) is 2. The van der Waals surface area contributed by atoms with E-state index in [-0.39, 0.29) is 18.8 Å². The molecule has 0 radical (unpaired) electrons. The minimum atomic E-state index is -0.556. The molecule has 1 aromatic heterocycles. The van der Waals surface area contributed by atoms with E-state index in [2.05, 4.69) is 39.8 Å². The van der Waals surface area contributed by atoms with Crippen molar-refractivity contribution in [3.8, 4) is 16.8 Å². The third kappa shape index (κ3) is 6.40. The zero-order valence-corrected chi connectivity index (χ0v) is 23.2. The number of aromatic nitrogens is 4. The first-order valence-electron chi connectivity index (χ1n) is 13.6. The summed E-state index contributed by atoms with van der Waals surface area (Å²) in [6.07, 6.45) is -0.180. The third-order valence-corrected chi connectivity index (χ3v) is 8.16. The number of benzene rings is 4. The van der Waals surface area contributed by atoms with Gasteiger partial charge in [0, 0.05) is 24.3 Å². The summed E-state index contributed by atoms with van der Waals surface area (Å²) in [7, 11) is 0. The Morgan fingerprint density at radius 1 is 0.829 bits per heavy atom. The Kier molecular flexibility index (Phi) is 8.50. The molecule has 0 spiro atoms. The van der Waals surface area contributed by atoms with Gasteiger partial charge < -0.3 is 20.3 Å². The van der Waals surface area contributed by atoms with E-state index in [1.807, 2.05) is 78.9 Å². The molecular weight excluding hydrogens is 534 g/mol.